The van der Waals surface area contributed by atoms with Crippen LogP contribution in [0.25, 0.3) is 22.4 Å². The maximum atomic E-state index is 12.4. The molecule has 2 heterocycles. The minimum atomic E-state index is -0.0489. The van der Waals surface area contributed by atoms with E-state index < -0.39 is 0 Å². The molecule has 4 rings (SSSR count). The summed E-state index contributed by atoms with van der Waals surface area (Å²) in [6.45, 7) is 4.44. The zero-order chi connectivity index (χ0) is 20.4. The van der Waals surface area contributed by atoms with Crippen molar-refractivity contribution < 1.29 is 9.26 Å². The molecular formula is C22H22N4O3. The van der Waals surface area contributed by atoms with Crippen LogP contribution in [-0.2, 0) is 13.0 Å². The first kappa shape index (κ1) is 18.9. The molecule has 0 aliphatic rings. The molecule has 0 aliphatic heterocycles. The predicted molar refractivity (Wildman–Crippen MR) is 110 cm³/mol. The summed E-state index contributed by atoms with van der Waals surface area (Å²) in [4.78, 5) is 21.4. The Hall–Kier alpha value is -3.48. The Balaban J connectivity index is 1.67. The topological polar surface area (TPSA) is 83.0 Å². The van der Waals surface area contributed by atoms with E-state index in [0.29, 0.717) is 30.4 Å². The Morgan fingerprint density at radius 3 is 2.79 bits per heavy atom. The van der Waals surface area contributed by atoms with Crippen LogP contribution in [0.4, 0.5) is 0 Å². The van der Waals surface area contributed by atoms with Crippen molar-refractivity contribution >= 4 is 11.0 Å². The Kier molecular flexibility index (Phi) is 5.12. The summed E-state index contributed by atoms with van der Waals surface area (Å²) in [6.07, 6.45) is 1.39. The first-order valence-corrected chi connectivity index (χ1v) is 9.56. The third kappa shape index (κ3) is 3.76. The fourth-order valence-corrected chi connectivity index (χ4v) is 3.36. The molecule has 0 spiro atoms. The maximum absolute atomic E-state index is 12.4. The number of aryl methyl sites for hydroxylation is 2. The molecule has 7 heteroatoms. The van der Waals surface area contributed by atoms with Gasteiger partial charge in [-0.15, -0.1) is 0 Å². The van der Waals surface area contributed by atoms with Crippen molar-refractivity contribution in [3.05, 3.63) is 70.0 Å². The Bertz CT molecular complexity index is 1230. The van der Waals surface area contributed by atoms with Gasteiger partial charge in [-0.1, -0.05) is 24.2 Å². The molecule has 0 amide bonds. The first-order valence-electron chi connectivity index (χ1n) is 9.56. The number of nitrogens with zero attached hydrogens (tertiary/aromatic N) is 4. The second-order valence-corrected chi connectivity index (χ2v) is 6.90. The van der Waals surface area contributed by atoms with Gasteiger partial charge in [0, 0.05) is 12.1 Å². The third-order valence-electron chi connectivity index (χ3n) is 4.77. The van der Waals surface area contributed by atoms with E-state index in [1.54, 1.807) is 18.6 Å². The highest BCUT2D eigenvalue weighted by Crippen LogP contribution is 2.22. The summed E-state index contributed by atoms with van der Waals surface area (Å²) in [6, 6.07) is 13.4. The molecule has 0 atom stereocenters. The van der Waals surface area contributed by atoms with Crippen LogP contribution >= 0.6 is 0 Å². The SMILES string of the molecule is CCCn1c(=O)c(C)nc2cc(-c3noc(Cc4cccc(OC)c4)n3)ccc21. The quantitative estimate of drug-likeness (QED) is 0.498. The molecule has 2 aromatic carbocycles. The number of aromatic nitrogens is 4. The average molecular weight is 390 g/mol. The smallest absolute Gasteiger partial charge is 0.272 e. The summed E-state index contributed by atoms with van der Waals surface area (Å²) in [5.74, 6) is 1.81. The lowest BCUT2D eigenvalue weighted by Crippen LogP contribution is -2.24. The molecule has 0 bridgehead atoms. The lowest BCUT2D eigenvalue weighted by atomic mass is 10.1. The maximum Gasteiger partial charge on any atom is 0.272 e. The van der Waals surface area contributed by atoms with Crippen LogP contribution in [0, 0.1) is 6.92 Å². The Morgan fingerprint density at radius 1 is 1.14 bits per heavy atom. The second-order valence-electron chi connectivity index (χ2n) is 6.90. The summed E-state index contributed by atoms with van der Waals surface area (Å²) < 4.78 is 12.5. The van der Waals surface area contributed by atoms with Crippen LogP contribution < -0.4 is 10.3 Å². The molecular weight excluding hydrogens is 368 g/mol. The normalized spacial score (nSPS) is 11.1. The van der Waals surface area contributed by atoms with Gasteiger partial charge >= 0.3 is 0 Å². The Labute approximate surface area is 168 Å². The molecule has 0 saturated heterocycles. The zero-order valence-electron chi connectivity index (χ0n) is 16.7. The molecule has 0 radical (unpaired) electrons. The van der Waals surface area contributed by atoms with Crippen LogP contribution in [0.3, 0.4) is 0 Å². The minimum Gasteiger partial charge on any atom is -0.497 e. The van der Waals surface area contributed by atoms with E-state index in [-0.39, 0.29) is 5.56 Å². The van der Waals surface area contributed by atoms with E-state index in [9.17, 15) is 4.79 Å². The van der Waals surface area contributed by atoms with Crippen LogP contribution in [0.15, 0.2) is 51.8 Å². The van der Waals surface area contributed by atoms with Gasteiger partial charge in [0.1, 0.15) is 11.4 Å². The van der Waals surface area contributed by atoms with Gasteiger partial charge in [0.15, 0.2) is 0 Å². The summed E-state index contributed by atoms with van der Waals surface area (Å²) in [7, 11) is 1.64. The molecule has 0 unspecified atom stereocenters. The highest BCUT2D eigenvalue weighted by atomic mass is 16.5. The molecule has 7 nitrogen and oxygen atoms in total. The molecule has 0 aliphatic carbocycles. The predicted octanol–water partition coefficient (Wildman–Crippen LogP) is 3.76. The van der Waals surface area contributed by atoms with Crippen LogP contribution in [0.2, 0.25) is 0 Å². The van der Waals surface area contributed by atoms with Crippen molar-refractivity contribution in [1.82, 2.24) is 19.7 Å². The highest BCUT2D eigenvalue weighted by molar-refractivity contribution is 5.80. The van der Waals surface area contributed by atoms with Crippen molar-refractivity contribution in [2.24, 2.45) is 0 Å². The monoisotopic (exact) mass is 390 g/mol. The van der Waals surface area contributed by atoms with Crippen LogP contribution in [0.1, 0.15) is 30.5 Å². The van der Waals surface area contributed by atoms with Crippen molar-refractivity contribution in [2.45, 2.75) is 33.2 Å². The van der Waals surface area contributed by atoms with Gasteiger partial charge < -0.3 is 13.8 Å². The molecule has 2 aromatic heterocycles. The van der Waals surface area contributed by atoms with E-state index in [4.69, 9.17) is 9.26 Å². The average Bonchev–Trinajstić information content (AvgIpc) is 3.19. The van der Waals surface area contributed by atoms with Crippen LogP contribution in [0.5, 0.6) is 5.75 Å². The number of hydrogen-bond donors (Lipinski definition) is 0. The number of ether oxygens (including phenoxy) is 1. The Morgan fingerprint density at radius 2 is 2.00 bits per heavy atom. The van der Waals surface area contributed by atoms with E-state index in [2.05, 4.69) is 15.1 Å². The molecule has 4 aromatic rings. The van der Waals surface area contributed by atoms with Crippen molar-refractivity contribution in [3.8, 4) is 17.1 Å². The van der Waals surface area contributed by atoms with Gasteiger partial charge in [-0.05, 0) is 49.2 Å². The number of hydrogen-bond acceptors (Lipinski definition) is 6. The van der Waals surface area contributed by atoms with Gasteiger partial charge in [0.05, 0.1) is 24.6 Å². The lowest BCUT2D eigenvalue weighted by molar-refractivity contribution is 0.385. The molecule has 0 fully saturated rings. The van der Waals surface area contributed by atoms with Crippen molar-refractivity contribution in [3.63, 3.8) is 0 Å². The first-order chi connectivity index (χ1) is 14.1. The van der Waals surface area contributed by atoms with Crippen molar-refractivity contribution in [1.29, 1.82) is 0 Å². The number of fused-ring (bicyclic) bond motifs is 1. The van der Waals surface area contributed by atoms with Crippen LogP contribution in [-0.4, -0.2) is 26.8 Å². The molecule has 0 N–H and O–H groups in total. The second kappa shape index (κ2) is 7.87. The summed E-state index contributed by atoms with van der Waals surface area (Å²) in [5, 5.41) is 4.12. The summed E-state index contributed by atoms with van der Waals surface area (Å²) >= 11 is 0. The van der Waals surface area contributed by atoms with E-state index in [1.165, 1.54) is 0 Å². The minimum absolute atomic E-state index is 0.0489. The standard InChI is InChI=1S/C22H22N4O3/c1-4-10-26-19-9-8-16(13-18(19)23-14(2)22(26)27)21-24-20(29-25-21)12-15-6-5-7-17(11-15)28-3/h5-9,11,13H,4,10,12H2,1-3H3. The van der Waals surface area contributed by atoms with E-state index in [1.807, 2.05) is 49.4 Å². The van der Waals surface area contributed by atoms with E-state index in [0.717, 1.165) is 34.3 Å². The largest absolute Gasteiger partial charge is 0.497 e. The van der Waals surface area contributed by atoms with E-state index >= 15 is 0 Å². The van der Waals surface area contributed by atoms with Crippen molar-refractivity contribution in [2.75, 3.05) is 7.11 Å². The van der Waals surface area contributed by atoms with Gasteiger partial charge in [-0.3, -0.25) is 4.79 Å². The number of benzene rings is 2. The fraction of sp³-hybridized carbons (Fsp3) is 0.273. The van der Waals surface area contributed by atoms with Gasteiger partial charge in [0.25, 0.3) is 5.56 Å². The zero-order valence-corrected chi connectivity index (χ0v) is 16.7. The summed E-state index contributed by atoms with van der Waals surface area (Å²) in [5.41, 5.74) is 3.81. The fourth-order valence-electron chi connectivity index (χ4n) is 3.36. The highest BCUT2D eigenvalue weighted by Gasteiger charge is 2.13. The van der Waals surface area contributed by atoms with Gasteiger partial charge in [-0.2, -0.15) is 4.98 Å². The number of methoxy groups -OCH3 is 1. The van der Waals surface area contributed by atoms with Gasteiger partial charge in [-0.25, -0.2) is 4.98 Å². The molecule has 0 saturated carbocycles. The van der Waals surface area contributed by atoms with Gasteiger partial charge in [0.2, 0.25) is 11.7 Å². The molecule has 29 heavy (non-hydrogen) atoms. The third-order valence-corrected chi connectivity index (χ3v) is 4.77. The lowest BCUT2D eigenvalue weighted by Gasteiger charge is -2.10. The number of rotatable bonds is 6. The molecule has 148 valence electrons.